The number of benzene rings is 2. The van der Waals surface area contributed by atoms with Crippen molar-refractivity contribution in [1.29, 1.82) is 0 Å². The Labute approximate surface area is 192 Å². The highest BCUT2D eigenvalue weighted by molar-refractivity contribution is 6.46. The molecule has 0 radical (unpaired) electrons. The van der Waals surface area contributed by atoms with Crippen LogP contribution in [0.3, 0.4) is 0 Å². The number of aliphatic hydroxyl groups is 1. The summed E-state index contributed by atoms with van der Waals surface area (Å²) in [6.45, 7) is 3.24. The minimum Gasteiger partial charge on any atom is -0.507 e. The summed E-state index contributed by atoms with van der Waals surface area (Å²) in [6.07, 6.45) is 0. The average Bonchev–Trinajstić information content (AvgIpc) is 3.02. The highest BCUT2D eigenvalue weighted by Gasteiger charge is 2.46. The van der Waals surface area contributed by atoms with Gasteiger partial charge in [-0.05, 0) is 56.9 Å². The van der Waals surface area contributed by atoms with Crippen molar-refractivity contribution >= 4 is 29.1 Å². The van der Waals surface area contributed by atoms with Gasteiger partial charge in [-0.2, -0.15) is 0 Å². The number of carbonyl (C=O) groups is 2. The second-order valence-electron chi connectivity index (χ2n) is 7.65. The summed E-state index contributed by atoms with van der Waals surface area (Å²) >= 11 is 6.22. The molecule has 1 amide bonds. The van der Waals surface area contributed by atoms with Crippen LogP contribution in [0.5, 0.6) is 11.5 Å². The molecule has 0 aliphatic carbocycles. The van der Waals surface area contributed by atoms with Gasteiger partial charge in [-0.1, -0.05) is 23.7 Å². The molecule has 0 saturated carbocycles. The first-order valence-corrected chi connectivity index (χ1v) is 10.7. The number of methoxy groups -OCH3 is 1. The standard InChI is InChI=1S/C24H27ClN2O5/c1-5-32-17-8-6-7-15(13-17)21-20(23(29)24(30)27(21)12-11-26(2)3)22(28)16-9-10-19(31-4)18(25)14-16/h6-10,13-14,21,28H,5,11-12H2,1-4H3/b22-20+. The molecule has 1 atom stereocenters. The van der Waals surface area contributed by atoms with Crippen LogP contribution in [0.1, 0.15) is 24.1 Å². The Bertz CT molecular complexity index is 1050. The van der Waals surface area contributed by atoms with E-state index >= 15 is 0 Å². The zero-order valence-electron chi connectivity index (χ0n) is 18.6. The van der Waals surface area contributed by atoms with Crippen LogP contribution in [0, 0.1) is 0 Å². The molecule has 7 nitrogen and oxygen atoms in total. The number of amides is 1. The smallest absolute Gasteiger partial charge is 0.295 e. The van der Waals surface area contributed by atoms with E-state index in [1.54, 1.807) is 24.3 Å². The van der Waals surface area contributed by atoms with Crippen molar-refractivity contribution in [1.82, 2.24) is 9.80 Å². The molecule has 3 rings (SSSR count). The molecule has 170 valence electrons. The highest BCUT2D eigenvalue weighted by Crippen LogP contribution is 2.40. The van der Waals surface area contributed by atoms with Crippen LogP contribution >= 0.6 is 11.6 Å². The normalized spacial score (nSPS) is 17.8. The molecule has 1 saturated heterocycles. The van der Waals surface area contributed by atoms with Crippen molar-refractivity contribution < 1.29 is 24.2 Å². The monoisotopic (exact) mass is 458 g/mol. The lowest BCUT2D eigenvalue weighted by molar-refractivity contribution is -0.140. The maximum atomic E-state index is 13.1. The van der Waals surface area contributed by atoms with Crippen molar-refractivity contribution in [3.63, 3.8) is 0 Å². The van der Waals surface area contributed by atoms with Crippen LogP contribution in [0.15, 0.2) is 48.0 Å². The maximum absolute atomic E-state index is 13.1. The number of hydrogen-bond donors (Lipinski definition) is 1. The molecule has 1 aliphatic rings. The summed E-state index contributed by atoms with van der Waals surface area (Å²) in [5.74, 6) is -0.613. The number of likely N-dealkylation sites (N-methyl/N-ethyl adjacent to an activating group) is 1. The van der Waals surface area contributed by atoms with Crippen LogP contribution in [0.25, 0.3) is 5.76 Å². The minimum absolute atomic E-state index is 0.0173. The summed E-state index contributed by atoms with van der Waals surface area (Å²) in [7, 11) is 5.27. The van der Waals surface area contributed by atoms with Crippen LogP contribution in [-0.2, 0) is 9.59 Å². The van der Waals surface area contributed by atoms with Crippen molar-refractivity contribution in [3.05, 3.63) is 64.2 Å². The fourth-order valence-corrected chi connectivity index (χ4v) is 3.93. The van der Waals surface area contributed by atoms with Crippen molar-refractivity contribution in [2.75, 3.05) is 40.9 Å². The van der Waals surface area contributed by atoms with E-state index in [9.17, 15) is 14.7 Å². The first kappa shape index (κ1) is 23.6. The largest absolute Gasteiger partial charge is 0.507 e. The number of rotatable bonds is 8. The Hall–Kier alpha value is -3.03. The number of carbonyl (C=O) groups excluding carboxylic acids is 2. The Balaban J connectivity index is 2.16. The SMILES string of the molecule is CCOc1cccc(C2/C(=C(\O)c3ccc(OC)c(Cl)c3)C(=O)C(=O)N2CCN(C)C)c1. The fraction of sp³-hybridized carbons (Fsp3) is 0.333. The van der Waals surface area contributed by atoms with Gasteiger partial charge >= 0.3 is 0 Å². The molecule has 1 unspecified atom stereocenters. The molecular formula is C24H27ClN2O5. The van der Waals surface area contributed by atoms with Gasteiger partial charge in [-0.25, -0.2) is 0 Å². The first-order valence-electron chi connectivity index (χ1n) is 10.3. The molecule has 0 aromatic heterocycles. The van der Waals surface area contributed by atoms with Crippen LogP contribution in [0.4, 0.5) is 0 Å². The molecule has 8 heteroatoms. The van der Waals surface area contributed by atoms with E-state index in [0.29, 0.717) is 42.3 Å². The molecule has 1 N–H and O–H groups in total. The van der Waals surface area contributed by atoms with Gasteiger partial charge in [0.25, 0.3) is 11.7 Å². The predicted molar refractivity (Wildman–Crippen MR) is 123 cm³/mol. The van der Waals surface area contributed by atoms with E-state index in [0.717, 1.165) is 0 Å². The van der Waals surface area contributed by atoms with E-state index in [2.05, 4.69) is 0 Å². The van der Waals surface area contributed by atoms with Gasteiger partial charge in [0.05, 0.1) is 30.4 Å². The molecule has 32 heavy (non-hydrogen) atoms. The molecule has 1 aliphatic heterocycles. The van der Waals surface area contributed by atoms with Gasteiger partial charge in [-0.3, -0.25) is 9.59 Å². The van der Waals surface area contributed by atoms with Gasteiger partial charge in [-0.15, -0.1) is 0 Å². The van der Waals surface area contributed by atoms with Crippen LogP contribution in [0.2, 0.25) is 5.02 Å². The number of ketones is 1. The number of Topliss-reactive ketones (excluding diaryl/α,β-unsaturated/α-hetero) is 1. The lowest BCUT2D eigenvalue weighted by Crippen LogP contribution is -2.35. The molecule has 1 fully saturated rings. The predicted octanol–water partition coefficient (Wildman–Crippen LogP) is 3.73. The van der Waals surface area contributed by atoms with Gasteiger partial charge in [0.1, 0.15) is 17.3 Å². The third-order valence-electron chi connectivity index (χ3n) is 5.24. The summed E-state index contributed by atoms with van der Waals surface area (Å²) in [4.78, 5) is 29.4. The first-order chi connectivity index (χ1) is 15.3. The topological polar surface area (TPSA) is 79.3 Å². The average molecular weight is 459 g/mol. The molecule has 0 bridgehead atoms. The molecule has 1 heterocycles. The van der Waals surface area contributed by atoms with Crippen LogP contribution < -0.4 is 9.47 Å². The third kappa shape index (κ3) is 4.74. The number of aliphatic hydroxyl groups excluding tert-OH is 1. The van der Waals surface area contributed by atoms with E-state index in [1.165, 1.54) is 18.1 Å². The Morgan fingerprint density at radius 2 is 1.94 bits per heavy atom. The summed E-state index contributed by atoms with van der Waals surface area (Å²) in [6, 6.07) is 11.2. The number of ether oxygens (including phenoxy) is 2. The van der Waals surface area contributed by atoms with Crippen LogP contribution in [-0.4, -0.2) is 67.5 Å². The van der Waals surface area contributed by atoms with E-state index in [1.807, 2.05) is 38.1 Å². The van der Waals surface area contributed by atoms with Gasteiger partial charge in [0.2, 0.25) is 0 Å². The molecule has 2 aromatic rings. The zero-order chi connectivity index (χ0) is 23.4. The Kier molecular flexibility index (Phi) is 7.43. The lowest BCUT2D eigenvalue weighted by atomic mass is 9.95. The van der Waals surface area contributed by atoms with Gasteiger partial charge < -0.3 is 24.4 Å². The number of likely N-dealkylation sites (tertiary alicyclic amines) is 1. The third-order valence-corrected chi connectivity index (χ3v) is 5.53. The quantitative estimate of drug-likeness (QED) is 0.369. The Morgan fingerprint density at radius 1 is 1.19 bits per heavy atom. The van der Waals surface area contributed by atoms with Gasteiger partial charge in [0, 0.05) is 18.7 Å². The van der Waals surface area contributed by atoms with Crippen molar-refractivity contribution in [2.24, 2.45) is 0 Å². The second kappa shape index (κ2) is 10.1. The zero-order valence-corrected chi connectivity index (χ0v) is 19.3. The summed E-state index contributed by atoms with van der Waals surface area (Å²) in [5.41, 5.74) is 1.02. The molecular weight excluding hydrogens is 432 g/mol. The lowest BCUT2D eigenvalue weighted by Gasteiger charge is -2.27. The van der Waals surface area contributed by atoms with Gasteiger partial charge in [0.15, 0.2) is 0 Å². The summed E-state index contributed by atoms with van der Waals surface area (Å²) < 4.78 is 10.8. The fourth-order valence-electron chi connectivity index (χ4n) is 3.68. The molecule has 0 spiro atoms. The number of hydrogen-bond acceptors (Lipinski definition) is 6. The minimum atomic E-state index is -0.753. The van der Waals surface area contributed by atoms with Crippen molar-refractivity contribution in [3.8, 4) is 11.5 Å². The Morgan fingerprint density at radius 3 is 2.56 bits per heavy atom. The number of nitrogens with zero attached hydrogens (tertiary/aromatic N) is 2. The number of halogens is 1. The second-order valence-corrected chi connectivity index (χ2v) is 8.06. The van der Waals surface area contributed by atoms with E-state index < -0.39 is 17.7 Å². The van der Waals surface area contributed by atoms with E-state index in [-0.39, 0.29) is 16.4 Å². The molecule has 2 aromatic carbocycles. The van der Waals surface area contributed by atoms with E-state index in [4.69, 9.17) is 21.1 Å². The maximum Gasteiger partial charge on any atom is 0.295 e. The van der Waals surface area contributed by atoms with Crippen molar-refractivity contribution in [2.45, 2.75) is 13.0 Å². The highest BCUT2D eigenvalue weighted by atomic mass is 35.5. The summed E-state index contributed by atoms with van der Waals surface area (Å²) in [5, 5.41) is 11.4.